The van der Waals surface area contributed by atoms with Gasteiger partial charge < -0.3 is 15.1 Å². The number of benzene rings is 2. The standard InChI is InChI=1S/C19H24N4O3S/c1-22-10-12-23(13-11-22)18-8-6-16(7-9-18)20-19(24)15-4-3-5-17(14-15)21-27(2,25)26/h3-9,14,21H,10-13H2,1-2H3,(H,20,24). The summed E-state index contributed by atoms with van der Waals surface area (Å²) >= 11 is 0. The van der Waals surface area contributed by atoms with Gasteiger partial charge in [-0.2, -0.15) is 0 Å². The van der Waals surface area contributed by atoms with Crippen molar-refractivity contribution < 1.29 is 13.2 Å². The quantitative estimate of drug-likeness (QED) is 0.819. The SMILES string of the molecule is CN1CCN(c2ccc(NC(=O)c3cccc(NS(C)(=O)=O)c3)cc2)CC1. The molecule has 1 saturated heterocycles. The number of carbonyl (C=O) groups is 1. The predicted octanol–water partition coefficient (Wildman–Crippen LogP) is 2.06. The number of rotatable bonds is 5. The molecule has 1 aliphatic rings. The Labute approximate surface area is 160 Å². The summed E-state index contributed by atoms with van der Waals surface area (Å²) in [6.45, 7) is 4.05. The molecule has 2 N–H and O–H groups in total. The molecule has 8 heteroatoms. The number of amides is 1. The maximum Gasteiger partial charge on any atom is 0.255 e. The van der Waals surface area contributed by atoms with E-state index in [1.165, 1.54) is 6.07 Å². The third-order valence-corrected chi connectivity index (χ3v) is 5.03. The van der Waals surface area contributed by atoms with Gasteiger partial charge in [0.05, 0.1) is 6.26 Å². The van der Waals surface area contributed by atoms with Crippen molar-refractivity contribution in [3.63, 3.8) is 0 Å². The number of piperazine rings is 1. The first-order valence-corrected chi connectivity index (χ1v) is 10.6. The molecule has 2 aromatic rings. The smallest absolute Gasteiger partial charge is 0.255 e. The summed E-state index contributed by atoms with van der Waals surface area (Å²) in [5.74, 6) is -0.292. The molecule has 0 unspecified atom stereocenters. The molecule has 144 valence electrons. The van der Waals surface area contributed by atoms with E-state index in [0.717, 1.165) is 38.1 Å². The molecule has 0 aliphatic carbocycles. The monoisotopic (exact) mass is 388 g/mol. The van der Waals surface area contributed by atoms with Gasteiger partial charge in [0.1, 0.15) is 0 Å². The molecule has 1 aliphatic heterocycles. The minimum absolute atomic E-state index is 0.292. The van der Waals surface area contributed by atoms with E-state index in [2.05, 4.69) is 26.9 Å². The number of anilines is 3. The van der Waals surface area contributed by atoms with Gasteiger partial charge in [0.2, 0.25) is 10.0 Å². The van der Waals surface area contributed by atoms with Crippen LogP contribution >= 0.6 is 0 Å². The Morgan fingerprint density at radius 1 is 0.963 bits per heavy atom. The zero-order valence-electron chi connectivity index (χ0n) is 15.5. The fourth-order valence-electron chi connectivity index (χ4n) is 2.96. The number of carbonyl (C=O) groups excluding carboxylic acids is 1. The van der Waals surface area contributed by atoms with E-state index in [1.807, 2.05) is 24.3 Å². The highest BCUT2D eigenvalue weighted by Gasteiger charge is 2.14. The van der Waals surface area contributed by atoms with Crippen LogP contribution in [0.2, 0.25) is 0 Å². The molecule has 0 aromatic heterocycles. The molecule has 0 atom stereocenters. The van der Waals surface area contributed by atoms with E-state index < -0.39 is 10.0 Å². The second-order valence-electron chi connectivity index (χ2n) is 6.75. The zero-order valence-corrected chi connectivity index (χ0v) is 16.3. The maximum absolute atomic E-state index is 12.5. The van der Waals surface area contributed by atoms with Crippen molar-refractivity contribution in [1.29, 1.82) is 0 Å². The van der Waals surface area contributed by atoms with E-state index in [0.29, 0.717) is 16.9 Å². The molecular formula is C19H24N4O3S. The lowest BCUT2D eigenvalue weighted by Gasteiger charge is -2.34. The summed E-state index contributed by atoms with van der Waals surface area (Å²) in [5, 5.41) is 2.84. The van der Waals surface area contributed by atoms with Crippen molar-refractivity contribution in [2.45, 2.75) is 0 Å². The molecule has 7 nitrogen and oxygen atoms in total. The second-order valence-corrected chi connectivity index (χ2v) is 8.49. The first-order valence-electron chi connectivity index (χ1n) is 8.73. The maximum atomic E-state index is 12.5. The van der Waals surface area contributed by atoms with Gasteiger partial charge in [-0.3, -0.25) is 9.52 Å². The molecule has 3 rings (SSSR count). The molecule has 0 saturated carbocycles. The van der Waals surface area contributed by atoms with Crippen LogP contribution < -0.4 is 14.9 Å². The summed E-state index contributed by atoms with van der Waals surface area (Å²) in [5.41, 5.74) is 2.57. The van der Waals surface area contributed by atoms with Crippen molar-refractivity contribution in [1.82, 2.24) is 4.90 Å². The molecule has 27 heavy (non-hydrogen) atoms. The molecule has 0 bridgehead atoms. The van der Waals surface area contributed by atoms with E-state index in [4.69, 9.17) is 0 Å². The fourth-order valence-corrected chi connectivity index (χ4v) is 3.52. The molecule has 0 spiro atoms. The summed E-state index contributed by atoms with van der Waals surface area (Å²) in [6.07, 6.45) is 1.07. The van der Waals surface area contributed by atoms with Crippen LogP contribution in [0.5, 0.6) is 0 Å². The van der Waals surface area contributed by atoms with Gasteiger partial charge in [-0.05, 0) is 49.5 Å². The van der Waals surface area contributed by atoms with Crippen LogP contribution in [0.1, 0.15) is 10.4 Å². The Morgan fingerprint density at radius 3 is 2.26 bits per heavy atom. The van der Waals surface area contributed by atoms with Crippen molar-refractivity contribution in [2.24, 2.45) is 0 Å². The van der Waals surface area contributed by atoms with Crippen LogP contribution in [-0.2, 0) is 10.0 Å². The number of nitrogens with one attached hydrogen (secondary N) is 2. The van der Waals surface area contributed by atoms with Gasteiger partial charge in [0.15, 0.2) is 0 Å². The van der Waals surface area contributed by atoms with Gasteiger partial charge in [-0.25, -0.2) is 8.42 Å². The van der Waals surface area contributed by atoms with E-state index >= 15 is 0 Å². The van der Waals surface area contributed by atoms with Gasteiger partial charge >= 0.3 is 0 Å². The summed E-state index contributed by atoms with van der Waals surface area (Å²) in [4.78, 5) is 17.1. The van der Waals surface area contributed by atoms with Crippen LogP contribution in [0.25, 0.3) is 0 Å². The zero-order chi connectivity index (χ0) is 19.4. The normalized spacial score (nSPS) is 15.4. The van der Waals surface area contributed by atoms with E-state index in [1.54, 1.807) is 18.2 Å². The molecule has 2 aromatic carbocycles. The average Bonchev–Trinajstić information content (AvgIpc) is 2.62. The van der Waals surface area contributed by atoms with Crippen LogP contribution in [0.3, 0.4) is 0 Å². The summed E-state index contributed by atoms with van der Waals surface area (Å²) < 4.78 is 25.0. The first kappa shape index (κ1) is 19.2. The largest absolute Gasteiger partial charge is 0.369 e. The third-order valence-electron chi connectivity index (χ3n) is 4.42. The van der Waals surface area contributed by atoms with Crippen LogP contribution in [0.4, 0.5) is 17.1 Å². The third kappa shape index (κ3) is 5.45. The van der Waals surface area contributed by atoms with E-state index in [-0.39, 0.29) is 5.91 Å². The Hall–Kier alpha value is -2.58. The second kappa shape index (κ2) is 7.98. The number of hydrogen-bond donors (Lipinski definition) is 2. The lowest BCUT2D eigenvalue weighted by Crippen LogP contribution is -2.44. The van der Waals surface area contributed by atoms with Crippen molar-refractivity contribution in [2.75, 3.05) is 54.4 Å². The van der Waals surface area contributed by atoms with Gasteiger partial charge in [-0.15, -0.1) is 0 Å². The van der Waals surface area contributed by atoms with E-state index in [9.17, 15) is 13.2 Å². The Bertz CT molecular complexity index is 905. The molecule has 1 fully saturated rings. The highest BCUT2D eigenvalue weighted by molar-refractivity contribution is 7.92. The lowest BCUT2D eigenvalue weighted by molar-refractivity contribution is 0.102. The molecule has 0 radical (unpaired) electrons. The Balaban J connectivity index is 1.65. The lowest BCUT2D eigenvalue weighted by atomic mass is 10.2. The van der Waals surface area contributed by atoms with Gasteiger partial charge in [-0.1, -0.05) is 6.07 Å². The topological polar surface area (TPSA) is 81.8 Å². The number of likely N-dealkylation sites (N-methyl/N-ethyl adjacent to an activating group) is 1. The predicted molar refractivity (Wildman–Crippen MR) is 109 cm³/mol. The summed E-state index contributed by atoms with van der Waals surface area (Å²) in [7, 11) is -1.27. The van der Waals surface area contributed by atoms with Crippen molar-refractivity contribution >= 4 is 33.0 Å². The average molecular weight is 388 g/mol. The highest BCUT2D eigenvalue weighted by atomic mass is 32.2. The number of nitrogens with zero attached hydrogens (tertiary/aromatic N) is 2. The Morgan fingerprint density at radius 2 is 1.63 bits per heavy atom. The van der Waals surface area contributed by atoms with Gasteiger partial charge in [0, 0.05) is 48.8 Å². The van der Waals surface area contributed by atoms with Crippen molar-refractivity contribution in [3.8, 4) is 0 Å². The minimum atomic E-state index is -3.39. The fraction of sp³-hybridized carbons (Fsp3) is 0.316. The van der Waals surface area contributed by atoms with Crippen LogP contribution in [-0.4, -0.2) is 58.7 Å². The molecule has 1 heterocycles. The summed E-state index contributed by atoms with van der Waals surface area (Å²) in [6, 6.07) is 14.2. The highest BCUT2D eigenvalue weighted by Crippen LogP contribution is 2.20. The van der Waals surface area contributed by atoms with Gasteiger partial charge in [0.25, 0.3) is 5.91 Å². The van der Waals surface area contributed by atoms with Crippen molar-refractivity contribution in [3.05, 3.63) is 54.1 Å². The number of hydrogen-bond acceptors (Lipinski definition) is 5. The molecule has 1 amide bonds. The van der Waals surface area contributed by atoms with Crippen LogP contribution in [0.15, 0.2) is 48.5 Å². The Kier molecular flexibility index (Phi) is 5.67. The number of sulfonamides is 1. The first-order chi connectivity index (χ1) is 12.8. The van der Waals surface area contributed by atoms with Crippen LogP contribution in [0, 0.1) is 0 Å². The molecular weight excluding hydrogens is 364 g/mol. The minimum Gasteiger partial charge on any atom is -0.369 e.